The van der Waals surface area contributed by atoms with Crippen molar-refractivity contribution in [2.45, 2.75) is 51.8 Å². The second-order valence-electron chi connectivity index (χ2n) is 8.97. The Morgan fingerprint density at radius 2 is 1.87 bits per heavy atom. The number of carbonyl (C=O) groups excluding carboxylic acids is 2. The van der Waals surface area contributed by atoms with Crippen molar-refractivity contribution in [2.75, 3.05) is 40.9 Å². The van der Waals surface area contributed by atoms with Crippen molar-refractivity contribution >= 4 is 33.2 Å². The normalized spacial score (nSPS) is 26.0. The molecule has 0 saturated carbocycles. The van der Waals surface area contributed by atoms with Crippen LogP contribution in [0.25, 0.3) is 0 Å². The van der Waals surface area contributed by atoms with Gasteiger partial charge in [0.05, 0.1) is 41.1 Å². The SMILES string of the molecule is CC(=O)N1c2ccc(C3CNN(C4CS(=O)(=O)C4)C3)cc2N(C(=O)OC(C)C)C[C@@H]1C. The quantitative estimate of drug-likeness (QED) is 0.745. The van der Waals surface area contributed by atoms with Crippen LogP contribution in [0.1, 0.15) is 39.2 Å². The van der Waals surface area contributed by atoms with Crippen LogP contribution >= 0.6 is 0 Å². The Morgan fingerprint density at radius 3 is 2.48 bits per heavy atom. The summed E-state index contributed by atoms with van der Waals surface area (Å²) in [6, 6.07) is 5.70. The van der Waals surface area contributed by atoms with E-state index in [1.165, 1.54) is 6.92 Å². The molecule has 2 amide bonds. The van der Waals surface area contributed by atoms with E-state index in [0.717, 1.165) is 5.56 Å². The van der Waals surface area contributed by atoms with Crippen molar-refractivity contribution in [2.24, 2.45) is 0 Å². The monoisotopic (exact) mass is 450 g/mol. The number of hydrogen-bond donors (Lipinski definition) is 1. The summed E-state index contributed by atoms with van der Waals surface area (Å²) in [7, 11) is -2.89. The summed E-state index contributed by atoms with van der Waals surface area (Å²) in [5.41, 5.74) is 5.72. The number of hydrazine groups is 1. The van der Waals surface area contributed by atoms with Gasteiger partial charge >= 0.3 is 6.09 Å². The maximum Gasteiger partial charge on any atom is 0.414 e. The van der Waals surface area contributed by atoms with E-state index in [-0.39, 0.29) is 41.5 Å². The first-order chi connectivity index (χ1) is 14.6. The molecule has 170 valence electrons. The molecule has 0 aromatic heterocycles. The molecule has 31 heavy (non-hydrogen) atoms. The van der Waals surface area contributed by atoms with Gasteiger partial charge in [-0.2, -0.15) is 0 Å². The van der Waals surface area contributed by atoms with E-state index < -0.39 is 15.9 Å². The number of rotatable bonds is 3. The molecular formula is C21H30N4O5S. The Labute approximate surface area is 183 Å². The maximum atomic E-state index is 12.8. The molecule has 3 heterocycles. The number of amides is 2. The topological polar surface area (TPSA) is 99.3 Å². The summed E-state index contributed by atoms with van der Waals surface area (Å²) in [5, 5.41) is 2.01. The number of hydrogen-bond acceptors (Lipinski definition) is 7. The maximum absolute atomic E-state index is 12.8. The van der Waals surface area contributed by atoms with Crippen LogP contribution in [0.2, 0.25) is 0 Å². The smallest absolute Gasteiger partial charge is 0.414 e. The van der Waals surface area contributed by atoms with Crippen LogP contribution < -0.4 is 15.2 Å². The standard InChI is InChI=1S/C21H30N4O5S/c1-13(2)30-21(27)23-9-14(3)25(15(4)26)19-6-5-16(7-20(19)23)17-8-22-24(10-17)18-11-31(28,29)12-18/h5-7,13-14,17-18,22H,8-12H2,1-4H3/t14-,17?/m0/s1. The number of nitrogens with one attached hydrogen (secondary N) is 1. The zero-order valence-corrected chi connectivity index (χ0v) is 19.2. The van der Waals surface area contributed by atoms with Gasteiger partial charge in [-0.15, -0.1) is 0 Å². The Hall–Kier alpha value is -2.17. The van der Waals surface area contributed by atoms with Crippen molar-refractivity contribution < 1.29 is 22.7 Å². The summed E-state index contributed by atoms with van der Waals surface area (Å²) in [6.07, 6.45) is -0.666. The molecule has 1 aromatic rings. The molecule has 2 fully saturated rings. The van der Waals surface area contributed by atoms with E-state index in [1.807, 2.05) is 44.0 Å². The van der Waals surface area contributed by atoms with Gasteiger partial charge in [-0.3, -0.25) is 15.1 Å². The van der Waals surface area contributed by atoms with Crippen LogP contribution in [-0.2, 0) is 19.4 Å². The summed E-state index contributed by atoms with van der Waals surface area (Å²) < 4.78 is 28.5. The van der Waals surface area contributed by atoms with E-state index in [2.05, 4.69) is 5.43 Å². The minimum absolute atomic E-state index is 0.0131. The first-order valence-corrected chi connectivity index (χ1v) is 12.5. The third-order valence-electron chi connectivity index (χ3n) is 6.10. The van der Waals surface area contributed by atoms with Crippen LogP contribution in [0.15, 0.2) is 18.2 Å². The number of anilines is 2. The molecule has 2 atom stereocenters. The van der Waals surface area contributed by atoms with Crippen molar-refractivity contribution in [3.8, 4) is 0 Å². The number of ether oxygens (including phenoxy) is 1. The van der Waals surface area contributed by atoms with Gasteiger partial charge in [-0.25, -0.2) is 18.2 Å². The van der Waals surface area contributed by atoms with Gasteiger partial charge in [0.15, 0.2) is 9.84 Å². The Morgan fingerprint density at radius 1 is 1.16 bits per heavy atom. The van der Waals surface area contributed by atoms with Gasteiger partial charge in [0.2, 0.25) is 5.91 Å². The predicted octanol–water partition coefficient (Wildman–Crippen LogP) is 1.49. The van der Waals surface area contributed by atoms with E-state index in [1.54, 1.807) is 9.80 Å². The molecule has 3 aliphatic rings. The molecular weight excluding hydrogens is 420 g/mol. The first kappa shape index (κ1) is 22.0. The lowest BCUT2D eigenvalue weighted by Crippen LogP contribution is -2.55. The van der Waals surface area contributed by atoms with Crippen molar-refractivity contribution in [3.05, 3.63) is 23.8 Å². The molecule has 0 spiro atoms. The van der Waals surface area contributed by atoms with Crippen molar-refractivity contribution in [1.29, 1.82) is 0 Å². The molecule has 3 aliphatic heterocycles. The predicted molar refractivity (Wildman–Crippen MR) is 118 cm³/mol. The van der Waals surface area contributed by atoms with Crippen LogP contribution in [0, 0.1) is 0 Å². The molecule has 1 unspecified atom stereocenters. The Kier molecular flexibility index (Phi) is 5.74. The molecule has 1 aromatic carbocycles. The largest absolute Gasteiger partial charge is 0.446 e. The molecule has 9 nitrogen and oxygen atoms in total. The molecule has 4 rings (SSSR count). The highest BCUT2D eigenvalue weighted by molar-refractivity contribution is 7.92. The lowest BCUT2D eigenvalue weighted by atomic mass is 9.96. The lowest BCUT2D eigenvalue weighted by molar-refractivity contribution is -0.117. The van der Waals surface area contributed by atoms with Crippen molar-refractivity contribution in [3.63, 3.8) is 0 Å². The zero-order valence-electron chi connectivity index (χ0n) is 18.4. The van der Waals surface area contributed by atoms with Crippen LogP contribution in [0.5, 0.6) is 0 Å². The highest BCUT2D eigenvalue weighted by Gasteiger charge is 2.41. The average molecular weight is 451 g/mol. The fourth-order valence-corrected chi connectivity index (χ4v) is 6.06. The van der Waals surface area contributed by atoms with Gasteiger partial charge in [-0.05, 0) is 38.5 Å². The number of carbonyl (C=O) groups is 2. The van der Waals surface area contributed by atoms with Gasteiger partial charge in [-0.1, -0.05) is 6.07 Å². The molecule has 0 radical (unpaired) electrons. The van der Waals surface area contributed by atoms with E-state index >= 15 is 0 Å². The summed E-state index contributed by atoms with van der Waals surface area (Å²) in [6.45, 7) is 8.81. The molecule has 10 heteroatoms. The van der Waals surface area contributed by atoms with Crippen LogP contribution in [0.3, 0.4) is 0 Å². The third kappa shape index (κ3) is 4.28. The fraction of sp³-hybridized carbons (Fsp3) is 0.619. The number of fused-ring (bicyclic) bond motifs is 1. The number of benzene rings is 1. The van der Waals surface area contributed by atoms with Gasteiger partial charge < -0.3 is 9.64 Å². The van der Waals surface area contributed by atoms with E-state index in [9.17, 15) is 18.0 Å². The number of sulfone groups is 1. The third-order valence-corrected chi connectivity index (χ3v) is 7.88. The molecule has 0 aliphatic carbocycles. The van der Waals surface area contributed by atoms with Gasteiger partial charge in [0, 0.05) is 32.5 Å². The fourth-order valence-electron chi connectivity index (χ4n) is 4.63. The first-order valence-electron chi connectivity index (χ1n) is 10.7. The van der Waals surface area contributed by atoms with Gasteiger partial charge in [0.1, 0.15) is 0 Å². The molecule has 1 N–H and O–H groups in total. The van der Waals surface area contributed by atoms with Crippen molar-refractivity contribution in [1.82, 2.24) is 10.4 Å². The average Bonchev–Trinajstić information content (AvgIpc) is 3.13. The lowest BCUT2D eigenvalue weighted by Gasteiger charge is -2.40. The van der Waals surface area contributed by atoms with E-state index in [4.69, 9.17) is 4.74 Å². The highest BCUT2D eigenvalue weighted by Crippen LogP contribution is 2.39. The molecule has 2 saturated heterocycles. The number of nitrogens with zero attached hydrogens (tertiary/aromatic N) is 3. The Balaban J connectivity index is 1.61. The zero-order chi connectivity index (χ0) is 22.5. The summed E-state index contributed by atoms with van der Waals surface area (Å²) >= 11 is 0. The summed E-state index contributed by atoms with van der Waals surface area (Å²) in [5.74, 6) is 0.467. The summed E-state index contributed by atoms with van der Waals surface area (Å²) in [4.78, 5) is 28.4. The Bertz CT molecular complexity index is 983. The minimum Gasteiger partial charge on any atom is -0.446 e. The van der Waals surface area contributed by atoms with Crippen LogP contribution in [0.4, 0.5) is 16.2 Å². The second kappa shape index (κ2) is 8.07. The second-order valence-corrected chi connectivity index (χ2v) is 11.1. The minimum atomic E-state index is -2.89. The van der Waals surface area contributed by atoms with Gasteiger partial charge in [0.25, 0.3) is 0 Å². The van der Waals surface area contributed by atoms with E-state index in [0.29, 0.717) is 31.0 Å². The highest BCUT2D eigenvalue weighted by atomic mass is 32.2. The van der Waals surface area contributed by atoms with Crippen LogP contribution in [-0.4, -0.2) is 74.8 Å². The molecule has 0 bridgehead atoms.